The van der Waals surface area contributed by atoms with Gasteiger partial charge in [0.1, 0.15) is 4.90 Å². The number of nitrogens with one attached hydrogen (secondary N) is 2. The number of allylic oxidation sites excluding steroid dienone is 1. The van der Waals surface area contributed by atoms with E-state index in [0.717, 1.165) is 48.5 Å². The summed E-state index contributed by atoms with van der Waals surface area (Å²) < 4.78 is 144. The molecule has 3 saturated carbocycles. The highest BCUT2D eigenvalue weighted by atomic mass is 32.2. The van der Waals surface area contributed by atoms with Crippen molar-refractivity contribution in [2.24, 2.45) is 16.2 Å². The van der Waals surface area contributed by atoms with Crippen molar-refractivity contribution in [3.05, 3.63) is 89.5 Å². The summed E-state index contributed by atoms with van der Waals surface area (Å²) >= 11 is 1.43. The highest BCUT2D eigenvalue weighted by molar-refractivity contribution is 7.99. The number of nitrogens with zero attached hydrogens (tertiary/aromatic N) is 3. The normalized spacial score (nSPS) is 24.4. The van der Waals surface area contributed by atoms with Crippen LogP contribution in [0.15, 0.2) is 98.6 Å². The molecular weight excluding hydrogens is 941 g/mol. The van der Waals surface area contributed by atoms with Crippen molar-refractivity contribution in [1.29, 1.82) is 0 Å². The summed E-state index contributed by atoms with van der Waals surface area (Å²) in [6.07, 6.45) is -0.417. The number of sulfonamides is 1. The summed E-state index contributed by atoms with van der Waals surface area (Å²) in [5.74, 6) is -0.715. The third kappa shape index (κ3) is 10.7. The summed E-state index contributed by atoms with van der Waals surface area (Å²) in [5, 5.41) is 2.97. The van der Waals surface area contributed by atoms with E-state index in [2.05, 4.69) is 33.9 Å². The van der Waals surface area contributed by atoms with Gasteiger partial charge >= 0.3 is 11.7 Å². The van der Waals surface area contributed by atoms with Gasteiger partial charge in [0.2, 0.25) is 0 Å². The van der Waals surface area contributed by atoms with Crippen LogP contribution in [0.5, 0.6) is 0 Å². The number of morpholine rings is 1. The van der Waals surface area contributed by atoms with Crippen LogP contribution in [0, 0.1) is 16.2 Å². The molecule has 6 aliphatic rings. The second-order valence-electron chi connectivity index (χ2n) is 19.6. The number of rotatable bonds is 16. The molecule has 3 aromatic rings. The van der Waals surface area contributed by atoms with Crippen molar-refractivity contribution < 1.29 is 52.7 Å². The van der Waals surface area contributed by atoms with Crippen LogP contribution in [0.25, 0.3) is 0 Å². The Morgan fingerprint density at radius 1 is 0.836 bits per heavy atom. The number of benzene rings is 3. The SMILES string of the molecule is CC1(C)CCC(CN2CCN(c3ccc(C(=O)NS(=O)(=O)c4ccc(N[C@H](CCN5CCOCC5)CSc5ccccc5)c(S(=O)(=O)C(F)(F)F)c4)cc3)CC2)=C(C23CC(C(F)(F)F)(C2)C3)C1. The monoisotopic (exact) mass is 997 g/mol. The maximum Gasteiger partial charge on any atom is 0.501 e. The predicted octanol–water partition coefficient (Wildman–Crippen LogP) is 8.76. The fourth-order valence-corrected chi connectivity index (χ4v) is 13.4. The van der Waals surface area contributed by atoms with E-state index >= 15 is 0 Å². The largest absolute Gasteiger partial charge is 0.501 e. The van der Waals surface area contributed by atoms with Gasteiger partial charge in [-0.1, -0.05) is 43.2 Å². The number of piperazine rings is 1. The van der Waals surface area contributed by atoms with Crippen LogP contribution >= 0.6 is 11.8 Å². The first-order valence-corrected chi connectivity index (χ1v) is 26.6. The molecule has 4 aliphatic carbocycles. The fraction of sp³-hybridized carbons (Fsp3) is 0.553. The number of anilines is 2. The van der Waals surface area contributed by atoms with E-state index in [1.807, 2.05) is 35.1 Å². The molecule has 5 fully saturated rings. The van der Waals surface area contributed by atoms with Crippen LogP contribution in [0.3, 0.4) is 0 Å². The Bertz CT molecular complexity index is 2520. The number of hydrogen-bond acceptors (Lipinski definition) is 11. The molecule has 0 radical (unpaired) electrons. The summed E-state index contributed by atoms with van der Waals surface area (Å²) in [7, 11) is -11.0. The smallest absolute Gasteiger partial charge is 0.380 e. The van der Waals surface area contributed by atoms with Crippen LogP contribution in [0.4, 0.5) is 37.7 Å². The van der Waals surface area contributed by atoms with E-state index in [1.165, 1.54) is 35.0 Å². The number of thioether (sulfide) groups is 1. The lowest BCUT2D eigenvalue weighted by Gasteiger charge is -2.72. The number of carbonyl (C=O) groups is 1. The first kappa shape index (κ1) is 49.6. The van der Waals surface area contributed by atoms with Gasteiger partial charge in [-0.25, -0.2) is 21.6 Å². The van der Waals surface area contributed by atoms with Crippen LogP contribution in [-0.4, -0.2) is 122 Å². The minimum atomic E-state index is -6.08. The Labute approximate surface area is 393 Å². The van der Waals surface area contributed by atoms with Gasteiger partial charge < -0.3 is 15.0 Å². The van der Waals surface area contributed by atoms with Gasteiger partial charge in [-0.05, 0) is 110 Å². The molecule has 2 heterocycles. The van der Waals surface area contributed by atoms with Gasteiger partial charge in [0, 0.05) is 80.3 Å². The summed E-state index contributed by atoms with van der Waals surface area (Å²) in [4.78, 5) is 18.7. The molecule has 0 spiro atoms. The van der Waals surface area contributed by atoms with Crippen LogP contribution in [-0.2, 0) is 24.6 Å². The summed E-state index contributed by atoms with van der Waals surface area (Å²) in [5.41, 5.74) is -4.68. The van der Waals surface area contributed by atoms with Crippen molar-refractivity contribution in [3.63, 3.8) is 0 Å². The number of sulfone groups is 1. The summed E-state index contributed by atoms with van der Waals surface area (Å²) in [6.45, 7) is 10.8. The second-order valence-corrected chi connectivity index (χ2v) is 24.3. The first-order valence-electron chi connectivity index (χ1n) is 22.6. The van der Waals surface area contributed by atoms with Crippen molar-refractivity contribution in [1.82, 2.24) is 14.5 Å². The Balaban J connectivity index is 0.915. The topological polar surface area (TPSA) is 128 Å². The van der Waals surface area contributed by atoms with Crippen LogP contribution in [0.1, 0.15) is 69.2 Å². The molecule has 0 unspecified atom stereocenters. The van der Waals surface area contributed by atoms with E-state index in [4.69, 9.17) is 4.74 Å². The third-order valence-electron chi connectivity index (χ3n) is 14.3. The third-order valence-corrected chi connectivity index (χ3v) is 18.3. The molecule has 20 heteroatoms. The molecule has 2 aliphatic heterocycles. The lowest BCUT2D eigenvalue weighted by molar-refractivity contribution is -0.353. The first-order chi connectivity index (χ1) is 31.5. The molecule has 1 atom stereocenters. The van der Waals surface area contributed by atoms with Crippen LogP contribution < -0.4 is 14.9 Å². The molecule has 1 amide bonds. The second kappa shape index (κ2) is 18.8. The van der Waals surface area contributed by atoms with Crippen LogP contribution in [0.2, 0.25) is 0 Å². The van der Waals surface area contributed by atoms with Gasteiger partial charge in [-0.15, -0.1) is 11.8 Å². The Morgan fingerprint density at radius 3 is 2.12 bits per heavy atom. The van der Waals surface area contributed by atoms with Crippen molar-refractivity contribution in [3.8, 4) is 0 Å². The minimum absolute atomic E-state index is 0.0491. The number of ether oxygens (including phenoxy) is 1. The van der Waals surface area contributed by atoms with Crippen molar-refractivity contribution >= 4 is 48.9 Å². The number of amides is 1. The van der Waals surface area contributed by atoms with Crippen molar-refractivity contribution in [2.45, 2.75) is 91.2 Å². The molecule has 2 saturated heterocycles. The highest BCUT2D eigenvalue weighted by Gasteiger charge is 2.79. The lowest BCUT2D eigenvalue weighted by Crippen LogP contribution is -2.69. The molecule has 3 aromatic carbocycles. The minimum Gasteiger partial charge on any atom is -0.380 e. The van der Waals surface area contributed by atoms with E-state index in [0.29, 0.717) is 77.3 Å². The molecule has 2 bridgehead atoms. The van der Waals surface area contributed by atoms with Crippen molar-refractivity contribution in [2.75, 3.05) is 81.5 Å². The number of alkyl halides is 6. The zero-order chi connectivity index (χ0) is 48.0. The highest BCUT2D eigenvalue weighted by Crippen LogP contribution is 2.82. The van der Waals surface area contributed by atoms with Gasteiger partial charge in [0.15, 0.2) is 0 Å². The van der Waals surface area contributed by atoms with E-state index in [1.54, 1.807) is 12.1 Å². The summed E-state index contributed by atoms with van der Waals surface area (Å²) in [6, 6.07) is 17.3. The Morgan fingerprint density at radius 2 is 1.49 bits per heavy atom. The van der Waals surface area contributed by atoms with Gasteiger partial charge in [-0.3, -0.25) is 14.6 Å². The number of carbonyl (C=O) groups excluding carboxylic acids is 1. The molecular formula is C47H57F6N5O6S3. The van der Waals surface area contributed by atoms with E-state index in [9.17, 15) is 48.0 Å². The Hall–Kier alpha value is -3.82. The Kier molecular flexibility index (Phi) is 13.9. The molecule has 366 valence electrons. The molecule has 67 heavy (non-hydrogen) atoms. The zero-order valence-corrected chi connectivity index (χ0v) is 40.0. The average Bonchev–Trinajstić information content (AvgIpc) is 3.24. The maximum absolute atomic E-state index is 14.2. The molecule has 11 nitrogen and oxygen atoms in total. The quantitative estimate of drug-likeness (QED) is 0.0813. The lowest BCUT2D eigenvalue weighted by atomic mass is 9.31. The van der Waals surface area contributed by atoms with E-state index < -0.39 is 64.4 Å². The zero-order valence-electron chi connectivity index (χ0n) is 37.5. The molecule has 9 rings (SSSR count). The predicted molar refractivity (Wildman–Crippen MR) is 245 cm³/mol. The number of hydrogen-bond donors (Lipinski definition) is 2. The number of halogens is 6. The van der Waals surface area contributed by atoms with Gasteiger partial charge in [-0.2, -0.15) is 26.3 Å². The fourth-order valence-electron chi connectivity index (χ4n) is 10.4. The molecule has 0 aromatic heterocycles. The van der Waals surface area contributed by atoms with Gasteiger partial charge in [0.05, 0.1) is 29.2 Å². The maximum atomic E-state index is 14.2. The van der Waals surface area contributed by atoms with Gasteiger partial charge in [0.25, 0.3) is 25.8 Å². The standard InChI is InChI=1S/C47H57F6N5O6S3/c1-43(2)16-14-34(39(27-43)44-30-45(31-44,32-44)46(48,49)50)28-57-18-20-58(21-19-57)36-10-8-33(9-11-36)42(59)55-67(62,63)38-12-13-40(41(26-38)66(60,61)47(51,52)53)54-35(15-17-56-22-24-64-25-23-56)29-65-37-6-4-3-5-7-37/h3-13,26,35,54H,14-25,27-32H2,1-2H3,(H,55,59)/t35-,44?,45?/m1/s1. The molecule has 2 N–H and O–H groups in total. The average molecular weight is 998 g/mol. The van der Waals surface area contributed by atoms with E-state index in [-0.39, 0.29) is 35.7 Å².